The van der Waals surface area contributed by atoms with Gasteiger partial charge in [0.15, 0.2) is 0 Å². The second kappa shape index (κ2) is 7.10. The lowest BCUT2D eigenvalue weighted by atomic mass is 10.0. The van der Waals surface area contributed by atoms with Crippen molar-refractivity contribution >= 4 is 0 Å². The summed E-state index contributed by atoms with van der Waals surface area (Å²) < 4.78 is 9.72. The van der Waals surface area contributed by atoms with Crippen LogP contribution >= 0.6 is 0 Å². The van der Waals surface area contributed by atoms with E-state index in [4.69, 9.17) is 4.74 Å². The maximum Gasteiger partial charge on any atom is 0.0750 e. The van der Waals surface area contributed by atoms with Crippen LogP contribution in [0.1, 0.15) is 17.5 Å². The number of aryl methyl sites for hydroxylation is 2. The van der Waals surface area contributed by atoms with Gasteiger partial charge in [0.2, 0.25) is 0 Å². The first kappa shape index (κ1) is 16.0. The molecule has 6 heteroatoms. The van der Waals surface area contributed by atoms with Crippen LogP contribution in [-0.4, -0.2) is 49.8 Å². The van der Waals surface area contributed by atoms with Crippen molar-refractivity contribution in [3.63, 3.8) is 0 Å². The molecule has 3 heterocycles. The number of likely N-dealkylation sites (tertiary alicyclic amines) is 1. The highest BCUT2D eigenvalue weighted by atomic mass is 16.5. The SMILES string of the molecule is C=CCO[C@H]1CCN(Cc2cnn(C)c2)[C@H]1Cc1cnn(C)c1. The summed E-state index contributed by atoms with van der Waals surface area (Å²) in [6.45, 7) is 6.32. The molecule has 0 aromatic carbocycles. The van der Waals surface area contributed by atoms with Gasteiger partial charge in [-0.1, -0.05) is 6.08 Å². The topological polar surface area (TPSA) is 48.1 Å². The lowest BCUT2D eigenvalue weighted by Crippen LogP contribution is -2.37. The van der Waals surface area contributed by atoms with Gasteiger partial charge >= 0.3 is 0 Å². The zero-order valence-electron chi connectivity index (χ0n) is 13.9. The molecule has 0 bridgehead atoms. The van der Waals surface area contributed by atoms with Gasteiger partial charge in [0.25, 0.3) is 0 Å². The van der Waals surface area contributed by atoms with Crippen molar-refractivity contribution in [3.05, 3.63) is 48.6 Å². The predicted molar refractivity (Wildman–Crippen MR) is 88.9 cm³/mol. The standard InChI is InChI=1S/C17H25N5O/c1-4-7-23-17-5-6-22(13-15-10-19-21(3)12-15)16(17)8-14-9-18-20(2)11-14/h4,9-12,16-17H,1,5-8,13H2,2-3H3/t16-,17-/m0/s1. The number of hydrogen-bond donors (Lipinski definition) is 0. The molecule has 0 aliphatic carbocycles. The van der Waals surface area contributed by atoms with Crippen LogP contribution in [-0.2, 0) is 31.8 Å². The molecule has 124 valence electrons. The van der Waals surface area contributed by atoms with Crippen molar-refractivity contribution < 1.29 is 4.74 Å². The third-order valence-electron chi connectivity index (χ3n) is 4.37. The molecule has 2 atom stereocenters. The van der Waals surface area contributed by atoms with E-state index in [2.05, 4.69) is 34.1 Å². The van der Waals surface area contributed by atoms with E-state index >= 15 is 0 Å². The van der Waals surface area contributed by atoms with E-state index in [0.717, 1.165) is 25.9 Å². The smallest absolute Gasteiger partial charge is 0.0750 e. The Bertz CT molecular complexity index is 647. The Morgan fingerprint density at radius 1 is 1.22 bits per heavy atom. The third kappa shape index (κ3) is 3.89. The second-order valence-corrected chi connectivity index (χ2v) is 6.24. The quantitative estimate of drug-likeness (QED) is 0.727. The molecular formula is C17H25N5O. The van der Waals surface area contributed by atoms with E-state index in [0.29, 0.717) is 12.6 Å². The van der Waals surface area contributed by atoms with E-state index in [-0.39, 0.29) is 6.10 Å². The summed E-state index contributed by atoms with van der Waals surface area (Å²) in [5.41, 5.74) is 2.50. The van der Waals surface area contributed by atoms with Crippen molar-refractivity contribution in [1.29, 1.82) is 0 Å². The summed E-state index contributed by atoms with van der Waals surface area (Å²) in [5, 5.41) is 8.56. The first-order valence-electron chi connectivity index (χ1n) is 8.07. The molecule has 0 unspecified atom stereocenters. The van der Waals surface area contributed by atoms with E-state index in [9.17, 15) is 0 Å². The summed E-state index contributed by atoms with van der Waals surface area (Å²) in [6.07, 6.45) is 12.1. The van der Waals surface area contributed by atoms with Crippen molar-refractivity contribution in [1.82, 2.24) is 24.5 Å². The molecular weight excluding hydrogens is 290 g/mol. The second-order valence-electron chi connectivity index (χ2n) is 6.24. The minimum absolute atomic E-state index is 0.241. The van der Waals surface area contributed by atoms with Gasteiger partial charge in [-0.3, -0.25) is 14.3 Å². The minimum atomic E-state index is 0.241. The zero-order chi connectivity index (χ0) is 16.2. The molecule has 0 amide bonds. The molecule has 3 rings (SSSR count). The molecule has 1 fully saturated rings. The highest BCUT2D eigenvalue weighted by Crippen LogP contribution is 2.26. The van der Waals surface area contributed by atoms with Crippen LogP contribution in [0, 0.1) is 0 Å². The zero-order valence-corrected chi connectivity index (χ0v) is 13.9. The Morgan fingerprint density at radius 3 is 2.52 bits per heavy atom. The molecule has 0 spiro atoms. The Hall–Kier alpha value is -1.92. The number of nitrogens with zero attached hydrogens (tertiary/aromatic N) is 5. The average Bonchev–Trinajstić information content (AvgIpc) is 3.21. The van der Waals surface area contributed by atoms with Crippen LogP contribution in [0.15, 0.2) is 37.4 Å². The first-order chi connectivity index (χ1) is 11.2. The van der Waals surface area contributed by atoms with Crippen LogP contribution in [0.4, 0.5) is 0 Å². The average molecular weight is 315 g/mol. The Morgan fingerprint density at radius 2 is 1.91 bits per heavy atom. The Labute approximate surface area is 137 Å². The Kier molecular flexibility index (Phi) is 4.93. The molecule has 23 heavy (non-hydrogen) atoms. The molecule has 1 aliphatic rings. The van der Waals surface area contributed by atoms with Gasteiger partial charge in [-0.2, -0.15) is 10.2 Å². The number of ether oxygens (including phenoxy) is 1. The molecule has 6 nitrogen and oxygen atoms in total. The summed E-state index contributed by atoms with van der Waals surface area (Å²) in [4.78, 5) is 2.50. The normalized spacial score (nSPS) is 21.8. The van der Waals surface area contributed by atoms with E-state index < -0.39 is 0 Å². The molecule has 2 aromatic heterocycles. The number of hydrogen-bond acceptors (Lipinski definition) is 4. The molecule has 1 aliphatic heterocycles. The number of rotatable bonds is 7. The first-order valence-corrected chi connectivity index (χ1v) is 8.07. The molecule has 0 N–H and O–H groups in total. The van der Waals surface area contributed by atoms with Crippen LogP contribution in [0.2, 0.25) is 0 Å². The van der Waals surface area contributed by atoms with Gasteiger partial charge in [0.05, 0.1) is 25.1 Å². The lowest BCUT2D eigenvalue weighted by molar-refractivity contribution is 0.0421. The van der Waals surface area contributed by atoms with Gasteiger partial charge in [-0.05, 0) is 18.4 Å². The molecule has 0 radical (unpaired) electrons. The number of aromatic nitrogens is 4. The highest BCUT2D eigenvalue weighted by Gasteiger charge is 2.35. The monoisotopic (exact) mass is 315 g/mol. The fourth-order valence-corrected chi connectivity index (χ4v) is 3.34. The van der Waals surface area contributed by atoms with Crippen molar-refractivity contribution in [2.24, 2.45) is 14.1 Å². The maximum atomic E-state index is 6.01. The van der Waals surface area contributed by atoms with Crippen molar-refractivity contribution in [2.45, 2.75) is 31.5 Å². The Balaban J connectivity index is 1.72. The van der Waals surface area contributed by atoms with Crippen LogP contribution in [0.5, 0.6) is 0 Å². The van der Waals surface area contributed by atoms with Gasteiger partial charge < -0.3 is 4.74 Å². The van der Waals surface area contributed by atoms with Gasteiger partial charge in [0, 0.05) is 51.2 Å². The van der Waals surface area contributed by atoms with Gasteiger partial charge in [-0.15, -0.1) is 6.58 Å². The predicted octanol–water partition coefficient (Wildman–Crippen LogP) is 1.54. The molecule has 2 aromatic rings. The van der Waals surface area contributed by atoms with E-state index in [1.807, 2.05) is 41.9 Å². The van der Waals surface area contributed by atoms with Crippen LogP contribution < -0.4 is 0 Å². The van der Waals surface area contributed by atoms with E-state index in [1.54, 1.807) is 0 Å². The summed E-state index contributed by atoms with van der Waals surface area (Å²) in [6, 6.07) is 0.361. The third-order valence-corrected chi connectivity index (χ3v) is 4.37. The van der Waals surface area contributed by atoms with Crippen molar-refractivity contribution in [3.8, 4) is 0 Å². The summed E-state index contributed by atoms with van der Waals surface area (Å²) >= 11 is 0. The highest BCUT2D eigenvalue weighted by molar-refractivity contribution is 5.11. The van der Waals surface area contributed by atoms with Crippen LogP contribution in [0.3, 0.4) is 0 Å². The minimum Gasteiger partial charge on any atom is -0.372 e. The van der Waals surface area contributed by atoms with Crippen LogP contribution in [0.25, 0.3) is 0 Å². The fourth-order valence-electron chi connectivity index (χ4n) is 3.34. The fraction of sp³-hybridized carbons (Fsp3) is 0.529. The molecule has 1 saturated heterocycles. The van der Waals surface area contributed by atoms with Crippen molar-refractivity contribution in [2.75, 3.05) is 13.2 Å². The molecule has 0 saturated carbocycles. The summed E-state index contributed by atoms with van der Waals surface area (Å²) in [5.74, 6) is 0. The largest absolute Gasteiger partial charge is 0.372 e. The lowest BCUT2D eigenvalue weighted by Gasteiger charge is -2.27. The maximum absolute atomic E-state index is 6.01. The van der Waals surface area contributed by atoms with Gasteiger partial charge in [-0.25, -0.2) is 0 Å². The summed E-state index contributed by atoms with van der Waals surface area (Å²) in [7, 11) is 3.91. The van der Waals surface area contributed by atoms with Gasteiger partial charge in [0.1, 0.15) is 0 Å². The van der Waals surface area contributed by atoms with E-state index in [1.165, 1.54) is 11.1 Å².